The molecule has 18 heavy (non-hydrogen) atoms. The van der Waals surface area contributed by atoms with Crippen LogP contribution in [0.3, 0.4) is 0 Å². The molecule has 0 amide bonds. The largest absolute Gasteiger partial charge is 0.381 e. The molecule has 4 rings (SSSR count). The normalized spacial score (nSPS) is 33.2. The van der Waals surface area contributed by atoms with E-state index in [9.17, 15) is 4.91 Å². The van der Waals surface area contributed by atoms with E-state index in [4.69, 9.17) is 0 Å². The maximum atomic E-state index is 11.8. The van der Waals surface area contributed by atoms with Crippen LogP contribution in [0.5, 0.6) is 0 Å². The fourth-order valence-corrected chi connectivity index (χ4v) is 3.79. The smallest absolute Gasteiger partial charge is 0.221 e. The predicted octanol–water partition coefficient (Wildman–Crippen LogP) is 2.58. The molecule has 4 aliphatic rings. The standard InChI is InChI=1S/C15H17N2O/c1-9-13-7-10-8-16-14-4-2-3-12(15(10)14)11(13)5-6-17(9)18/h4-6,9,13,16H,2-3,7-8H2,1H3/q+1. The summed E-state index contributed by atoms with van der Waals surface area (Å²) in [6.07, 6.45) is 9.37. The second kappa shape index (κ2) is 3.44. The Morgan fingerprint density at radius 2 is 2.33 bits per heavy atom. The van der Waals surface area contributed by atoms with Crippen LogP contribution >= 0.6 is 0 Å². The lowest BCUT2D eigenvalue weighted by atomic mass is 9.72. The molecule has 0 fully saturated rings. The summed E-state index contributed by atoms with van der Waals surface area (Å²) in [5, 5.41) is 3.50. The van der Waals surface area contributed by atoms with Gasteiger partial charge in [-0.25, -0.2) is 0 Å². The fourth-order valence-electron chi connectivity index (χ4n) is 3.79. The molecule has 0 saturated heterocycles. The SMILES string of the molecule is CC1C2CC3=C4C(=CCCC4=C2C=C[N+]1=O)NC3. The number of rotatable bonds is 0. The highest BCUT2D eigenvalue weighted by Gasteiger charge is 2.42. The summed E-state index contributed by atoms with van der Waals surface area (Å²) < 4.78 is 1.11. The average molecular weight is 241 g/mol. The zero-order valence-corrected chi connectivity index (χ0v) is 10.6. The van der Waals surface area contributed by atoms with Gasteiger partial charge in [0.05, 0.1) is 5.92 Å². The van der Waals surface area contributed by atoms with Crippen LogP contribution in [0.1, 0.15) is 26.2 Å². The van der Waals surface area contributed by atoms with Gasteiger partial charge in [0.1, 0.15) is 0 Å². The number of allylic oxidation sites excluding steroid dienone is 3. The van der Waals surface area contributed by atoms with Gasteiger partial charge < -0.3 is 5.32 Å². The Balaban J connectivity index is 1.92. The van der Waals surface area contributed by atoms with E-state index in [1.54, 1.807) is 6.20 Å². The van der Waals surface area contributed by atoms with Crippen molar-refractivity contribution in [2.24, 2.45) is 5.92 Å². The van der Waals surface area contributed by atoms with Crippen LogP contribution in [0.15, 0.2) is 46.3 Å². The molecule has 0 aromatic rings. The lowest BCUT2D eigenvalue weighted by molar-refractivity contribution is -0.528. The second-order valence-corrected chi connectivity index (χ2v) is 5.65. The second-order valence-electron chi connectivity index (χ2n) is 5.65. The topological polar surface area (TPSA) is 32.1 Å². The minimum atomic E-state index is 0.0708. The Bertz CT molecular complexity index is 577. The molecule has 0 spiro atoms. The van der Waals surface area contributed by atoms with E-state index in [2.05, 4.69) is 24.4 Å². The van der Waals surface area contributed by atoms with Crippen molar-refractivity contribution < 1.29 is 4.76 Å². The third-order valence-corrected chi connectivity index (χ3v) is 4.76. The fraction of sp³-hybridized carbons (Fsp3) is 0.467. The van der Waals surface area contributed by atoms with Gasteiger partial charge in [-0.1, -0.05) is 6.08 Å². The maximum absolute atomic E-state index is 11.8. The molecule has 2 atom stereocenters. The lowest BCUT2D eigenvalue weighted by Crippen LogP contribution is -2.33. The molecular weight excluding hydrogens is 224 g/mol. The monoisotopic (exact) mass is 241 g/mol. The summed E-state index contributed by atoms with van der Waals surface area (Å²) in [4.78, 5) is 11.8. The first-order valence-electron chi connectivity index (χ1n) is 6.79. The van der Waals surface area contributed by atoms with Crippen LogP contribution in [0.2, 0.25) is 0 Å². The quantitative estimate of drug-likeness (QED) is 0.661. The highest BCUT2D eigenvalue weighted by atomic mass is 16.3. The summed E-state index contributed by atoms with van der Waals surface area (Å²) in [5.41, 5.74) is 7.24. The number of nitrogens with one attached hydrogen (secondary N) is 1. The van der Waals surface area contributed by atoms with Gasteiger partial charge in [0, 0.05) is 40.5 Å². The molecule has 3 heteroatoms. The van der Waals surface area contributed by atoms with Crippen LogP contribution in [0, 0.1) is 10.8 Å². The molecule has 3 nitrogen and oxygen atoms in total. The van der Waals surface area contributed by atoms with Crippen molar-refractivity contribution in [3.05, 3.63) is 51.2 Å². The van der Waals surface area contributed by atoms with Crippen molar-refractivity contribution in [2.75, 3.05) is 6.54 Å². The molecule has 2 heterocycles. The molecule has 0 radical (unpaired) electrons. The maximum Gasteiger partial charge on any atom is 0.221 e. The molecule has 1 N–H and O–H groups in total. The Morgan fingerprint density at radius 1 is 1.44 bits per heavy atom. The number of nitroso groups, excluding NO2 is 1. The number of fused-ring (bicyclic) bond motifs is 1. The first-order valence-corrected chi connectivity index (χ1v) is 6.79. The minimum absolute atomic E-state index is 0.0708. The Labute approximate surface area is 107 Å². The molecule has 0 aromatic heterocycles. The summed E-state index contributed by atoms with van der Waals surface area (Å²) in [5.74, 6) is 0.389. The van der Waals surface area contributed by atoms with Gasteiger partial charge in [0.25, 0.3) is 0 Å². The number of hydrogen-bond acceptors (Lipinski definition) is 2. The van der Waals surface area contributed by atoms with E-state index in [1.807, 2.05) is 0 Å². The van der Waals surface area contributed by atoms with E-state index in [0.717, 1.165) is 30.6 Å². The lowest BCUT2D eigenvalue weighted by Gasteiger charge is -2.31. The van der Waals surface area contributed by atoms with Gasteiger partial charge in [0.2, 0.25) is 12.2 Å². The van der Waals surface area contributed by atoms with Gasteiger partial charge in [-0.2, -0.15) is 0 Å². The van der Waals surface area contributed by atoms with Crippen molar-refractivity contribution in [3.8, 4) is 0 Å². The van der Waals surface area contributed by atoms with Crippen LogP contribution in [0.4, 0.5) is 0 Å². The van der Waals surface area contributed by atoms with Gasteiger partial charge in [0.15, 0.2) is 0 Å². The Kier molecular flexibility index (Phi) is 1.97. The highest BCUT2D eigenvalue weighted by molar-refractivity contribution is 5.61. The zero-order valence-electron chi connectivity index (χ0n) is 10.6. The van der Waals surface area contributed by atoms with E-state index < -0.39 is 0 Å². The van der Waals surface area contributed by atoms with Crippen molar-refractivity contribution in [1.29, 1.82) is 0 Å². The summed E-state index contributed by atoms with van der Waals surface area (Å²) in [7, 11) is 0. The number of nitrogens with zero attached hydrogens (tertiary/aromatic N) is 1. The van der Waals surface area contributed by atoms with Crippen molar-refractivity contribution in [3.63, 3.8) is 0 Å². The van der Waals surface area contributed by atoms with Gasteiger partial charge >= 0.3 is 0 Å². The highest BCUT2D eigenvalue weighted by Crippen LogP contribution is 2.46. The first-order chi connectivity index (χ1) is 8.75. The van der Waals surface area contributed by atoms with E-state index in [0.29, 0.717) is 5.92 Å². The van der Waals surface area contributed by atoms with Crippen LogP contribution < -0.4 is 5.32 Å². The van der Waals surface area contributed by atoms with Crippen LogP contribution in [0.25, 0.3) is 0 Å². The van der Waals surface area contributed by atoms with Crippen LogP contribution in [-0.4, -0.2) is 17.3 Å². The molecule has 0 saturated carbocycles. The van der Waals surface area contributed by atoms with Gasteiger partial charge in [-0.05, 0) is 36.0 Å². The molecular formula is C15H17N2O+. The van der Waals surface area contributed by atoms with E-state index in [1.165, 1.54) is 28.0 Å². The molecule has 2 unspecified atom stereocenters. The van der Waals surface area contributed by atoms with E-state index >= 15 is 0 Å². The Hall–Kier alpha value is -1.64. The average Bonchev–Trinajstić information content (AvgIpc) is 2.80. The van der Waals surface area contributed by atoms with Crippen molar-refractivity contribution in [1.82, 2.24) is 5.32 Å². The van der Waals surface area contributed by atoms with Gasteiger partial charge in [-0.15, -0.1) is 0 Å². The van der Waals surface area contributed by atoms with Crippen LogP contribution in [-0.2, 0) is 0 Å². The third-order valence-electron chi connectivity index (χ3n) is 4.76. The van der Waals surface area contributed by atoms with Gasteiger partial charge in [-0.3, -0.25) is 0 Å². The predicted molar refractivity (Wildman–Crippen MR) is 69.7 cm³/mol. The first kappa shape index (κ1) is 10.3. The van der Waals surface area contributed by atoms with Crippen molar-refractivity contribution in [2.45, 2.75) is 32.2 Å². The molecule has 92 valence electrons. The summed E-state index contributed by atoms with van der Waals surface area (Å²) >= 11 is 0. The number of hydrogen-bond donors (Lipinski definition) is 1. The van der Waals surface area contributed by atoms with Crippen molar-refractivity contribution >= 4 is 0 Å². The summed E-state index contributed by atoms with van der Waals surface area (Å²) in [6.45, 7) is 3.03. The zero-order chi connectivity index (χ0) is 12.3. The third kappa shape index (κ3) is 1.19. The molecule has 0 aromatic carbocycles. The Morgan fingerprint density at radius 3 is 3.22 bits per heavy atom. The van der Waals surface area contributed by atoms with E-state index in [-0.39, 0.29) is 6.04 Å². The molecule has 2 aliphatic heterocycles. The molecule has 0 bridgehead atoms. The molecule has 2 aliphatic carbocycles. The summed E-state index contributed by atoms with van der Waals surface area (Å²) in [6, 6.07) is 0.0708. The minimum Gasteiger partial charge on any atom is -0.381 e.